The first-order chi connectivity index (χ1) is 18.4. The number of halogens is 4. The predicted molar refractivity (Wildman–Crippen MR) is 151 cm³/mol. The lowest BCUT2D eigenvalue weighted by molar-refractivity contribution is -0.0329. The molecular formula is C27H31F4N4O2PS. The fourth-order valence-electron chi connectivity index (χ4n) is 4.46. The first-order valence-corrected chi connectivity index (χ1v) is 15.7. The fraction of sp³-hybridized carbons (Fsp3) is 0.407. The Morgan fingerprint density at radius 3 is 2.64 bits per heavy atom. The molecule has 0 spiro atoms. The van der Waals surface area contributed by atoms with Gasteiger partial charge in [-0.15, -0.1) is 0 Å². The Morgan fingerprint density at radius 1 is 1.21 bits per heavy atom. The van der Waals surface area contributed by atoms with Gasteiger partial charge in [0.2, 0.25) is 0 Å². The summed E-state index contributed by atoms with van der Waals surface area (Å²) in [5.41, 5.74) is -2.63. The second kappa shape index (κ2) is 11.7. The second-order valence-corrected chi connectivity index (χ2v) is 14.1. The molecule has 1 aliphatic heterocycles. The van der Waals surface area contributed by atoms with Crippen LogP contribution in [0.1, 0.15) is 12.0 Å². The average Bonchev–Trinajstić information content (AvgIpc) is 3.19. The van der Waals surface area contributed by atoms with E-state index < -0.39 is 24.9 Å². The number of aromatic nitrogens is 1. The Hall–Kier alpha value is -2.80. The van der Waals surface area contributed by atoms with Crippen molar-refractivity contribution in [3.8, 4) is 17.6 Å². The highest BCUT2D eigenvalue weighted by atomic mass is 32.2. The van der Waals surface area contributed by atoms with Crippen LogP contribution in [0.3, 0.4) is 0 Å². The SMILES string of the molecule is COc1cc(P(C)(C)=O)ccc1NCC#Cc1cc2c(N[C@@H]3CCN(C)C[C@@H]3F)cccn2c1SC(F)(F)F. The molecule has 1 aliphatic rings. The quantitative estimate of drug-likeness (QED) is 0.161. The van der Waals surface area contributed by atoms with E-state index in [2.05, 4.69) is 22.5 Å². The van der Waals surface area contributed by atoms with Crippen LogP contribution in [0.5, 0.6) is 5.75 Å². The van der Waals surface area contributed by atoms with Gasteiger partial charge in [0, 0.05) is 36.4 Å². The van der Waals surface area contributed by atoms with Crippen molar-refractivity contribution in [2.45, 2.75) is 29.2 Å². The zero-order chi connectivity index (χ0) is 28.4. The monoisotopic (exact) mass is 582 g/mol. The predicted octanol–water partition coefficient (Wildman–Crippen LogP) is 5.73. The summed E-state index contributed by atoms with van der Waals surface area (Å²) in [6, 6.07) is 9.73. The molecule has 0 radical (unpaired) electrons. The number of anilines is 2. The van der Waals surface area contributed by atoms with Crippen molar-refractivity contribution in [2.24, 2.45) is 0 Å². The number of benzene rings is 1. The van der Waals surface area contributed by atoms with E-state index in [1.165, 1.54) is 11.5 Å². The van der Waals surface area contributed by atoms with Crippen molar-refractivity contribution in [2.75, 3.05) is 57.8 Å². The van der Waals surface area contributed by atoms with E-state index in [-0.39, 0.29) is 28.9 Å². The van der Waals surface area contributed by atoms with Gasteiger partial charge in [-0.05, 0) is 63.2 Å². The number of thioether (sulfide) groups is 1. The highest BCUT2D eigenvalue weighted by molar-refractivity contribution is 8.00. The number of likely N-dealkylation sites (tertiary alicyclic amines) is 1. The van der Waals surface area contributed by atoms with Crippen molar-refractivity contribution >= 4 is 41.1 Å². The summed E-state index contributed by atoms with van der Waals surface area (Å²) in [4.78, 5) is 1.91. The van der Waals surface area contributed by atoms with Crippen LogP contribution in [0, 0.1) is 11.8 Å². The van der Waals surface area contributed by atoms with E-state index >= 15 is 0 Å². The Kier molecular flexibility index (Phi) is 8.79. The fourth-order valence-corrected chi connectivity index (χ4v) is 6.02. The highest BCUT2D eigenvalue weighted by Gasteiger charge is 2.33. The van der Waals surface area contributed by atoms with Gasteiger partial charge in [-0.3, -0.25) is 0 Å². The van der Waals surface area contributed by atoms with Crippen LogP contribution in [0.2, 0.25) is 0 Å². The second-order valence-electron chi connectivity index (χ2n) is 9.80. The Balaban J connectivity index is 1.60. The van der Waals surface area contributed by atoms with Crippen molar-refractivity contribution in [3.63, 3.8) is 0 Å². The van der Waals surface area contributed by atoms with Gasteiger partial charge in [0.25, 0.3) is 0 Å². The van der Waals surface area contributed by atoms with Gasteiger partial charge >= 0.3 is 5.51 Å². The van der Waals surface area contributed by atoms with Crippen LogP contribution in [-0.2, 0) is 4.57 Å². The molecule has 1 fully saturated rings. The van der Waals surface area contributed by atoms with Gasteiger partial charge in [0.1, 0.15) is 24.1 Å². The van der Waals surface area contributed by atoms with E-state index in [0.29, 0.717) is 40.9 Å². The molecule has 0 aliphatic carbocycles. The summed E-state index contributed by atoms with van der Waals surface area (Å²) in [6.45, 7) is 4.50. The van der Waals surface area contributed by atoms with E-state index in [1.54, 1.807) is 55.9 Å². The number of fused-ring (bicyclic) bond motifs is 1. The maximum Gasteiger partial charge on any atom is 0.447 e. The van der Waals surface area contributed by atoms with Crippen LogP contribution >= 0.6 is 18.9 Å². The largest absolute Gasteiger partial charge is 0.495 e. The summed E-state index contributed by atoms with van der Waals surface area (Å²) in [5, 5.41) is 6.93. The number of piperidine rings is 1. The zero-order valence-electron chi connectivity index (χ0n) is 22.1. The molecule has 2 aromatic heterocycles. The molecular weight excluding hydrogens is 551 g/mol. The molecule has 6 nitrogen and oxygen atoms in total. The van der Waals surface area contributed by atoms with Crippen LogP contribution in [-0.4, -0.2) is 74.1 Å². The lowest BCUT2D eigenvalue weighted by Gasteiger charge is -2.33. The topological polar surface area (TPSA) is 58.0 Å². The smallest absolute Gasteiger partial charge is 0.447 e. The third kappa shape index (κ3) is 7.24. The average molecular weight is 583 g/mol. The first-order valence-electron chi connectivity index (χ1n) is 12.3. The van der Waals surface area contributed by atoms with E-state index in [9.17, 15) is 22.1 Å². The molecule has 2 N–H and O–H groups in total. The van der Waals surface area contributed by atoms with Gasteiger partial charge in [-0.1, -0.05) is 11.8 Å². The summed E-state index contributed by atoms with van der Waals surface area (Å²) >= 11 is -0.231. The van der Waals surface area contributed by atoms with Crippen LogP contribution in [0.4, 0.5) is 28.9 Å². The molecule has 39 heavy (non-hydrogen) atoms. The van der Waals surface area contributed by atoms with Crippen molar-refractivity contribution in [1.82, 2.24) is 9.30 Å². The number of hydrogen-bond donors (Lipinski definition) is 2. The maximum atomic E-state index is 14.7. The minimum absolute atomic E-state index is 0.0580. The maximum absolute atomic E-state index is 14.7. The third-order valence-corrected chi connectivity index (χ3v) is 8.82. The van der Waals surface area contributed by atoms with Crippen LogP contribution in [0.15, 0.2) is 47.6 Å². The number of nitrogens with one attached hydrogen (secondary N) is 2. The number of pyridine rings is 1. The highest BCUT2D eigenvalue weighted by Crippen LogP contribution is 2.41. The normalized spacial score (nSPS) is 18.5. The summed E-state index contributed by atoms with van der Waals surface area (Å²) in [5.74, 6) is 6.26. The molecule has 210 valence electrons. The van der Waals surface area contributed by atoms with Crippen molar-refractivity contribution in [3.05, 3.63) is 48.2 Å². The molecule has 3 heterocycles. The third-order valence-electron chi connectivity index (χ3n) is 6.46. The Bertz CT molecular complexity index is 1440. The molecule has 1 aromatic carbocycles. The lowest BCUT2D eigenvalue weighted by Crippen LogP contribution is -2.46. The molecule has 12 heteroatoms. The van der Waals surface area contributed by atoms with Crippen LogP contribution in [0.25, 0.3) is 5.52 Å². The summed E-state index contributed by atoms with van der Waals surface area (Å²) in [7, 11) is 0.890. The van der Waals surface area contributed by atoms with Gasteiger partial charge in [-0.2, -0.15) is 13.2 Å². The van der Waals surface area contributed by atoms with E-state index in [1.807, 2.05) is 11.9 Å². The molecule has 2 atom stereocenters. The van der Waals surface area contributed by atoms with Crippen molar-refractivity contribution < 1.29 is 26.9 Å². The van der Waals surface area contributed by atoms with E-state index in [4.69, 9.17) is 4.74 Å². The molecule has 0 saturated carbocycles. The van der Waals surface area contributed by atoms with Gasteiger partial charge in [0.05, 0.1) is 42.2 Å². The molecule has 0 bridgehead atoms. The standard InChI is InChI=1S/C27H31F4N4O2PS/c1-34-14-11-21(20(28)17-34)33-22-8-6-13-35-24(22)15-18(26(35)39-27(29,30)31)7-5-12-32-23-10-9-19(38(3,4)36)16-25(23)37-2/h6,8-10,13,15-16,20-21,32-33H,11-12,14,17H2,1-4H3/t20-,21+/m0/s1. The van der Waals surface area contributed by atoms with Gasteiger partial charge in [0.15, 0.2) is 0 Å². The Morgan fingerprint density at radius 2 is 1.97 bits per heavy atom. The molecule has 0 amide bonds. The van der Waals surface area contributed by atoms with Crippen LogP contribution < -0.4 is 20.7 Å². The molecule has 0 unspecified atom stereocenters. The number of alkyl halides is 4. The number of methoxy groups -OCH3 is 1. The lowest BCUT2D eigenvalue weighted by atomic mass is 10.0. The van der Waals surface area contributed by atoms with Crippen molar-refractivity contribution in [1.29, 1.82) is 0 Å². The Labute approximate surface area is 229 Å². The number of ether oxygens (including phenoxy) is 1. The molecule has 4 rings (SSSR count). The molecule has 3 aromatic rings. The van der Waals surface area contributed by atoms with Gasteiger partial charge < -0.3 is 29.2 Å². The number of nitrogens with zero attached hydrogens (tertiary/aromatic N) is 2. The zero-order valence-corrected chi connectivity index (χ0v) is 23.8. The van der Waals surface area contributed by atoms with E-state index in [0.717, 1.165) is 6.54 Å². The number of hydrogen-bond acceptors (Lipinski definition) is 6. The minimum Gasteiger partial charge on any atom is -0.495 e. The van der Waals surface area contributed by atoms with Gasteiger partial charge in [-0.25, -0.2) is 4.39 Å². The summed E-state index contributed by atoms with van der Waals surface area (Å²) < 4.78 is 74.3. The minimum atomic E-state index is -4.52. The summed E-state index contributed by atoms with van der Waals surface area (Å²) in [6.07, 6.45) is 1.04. The number of rotatable bonds is 7. The molecule has 1 saturated heterocycles. The first kappa shape index (κ1) is 29.2.